The second kappa shape index (κ2) is 9.61. The van der Waals surface area contributed by atoms with Gasteiger partial charge >= 0.3 is 5.69 Å². The van der Waals surface area contributed by atoms with Crippen molar-refractivity contribution in [1.82, 2.24) is 19.7 Å². The fraction of sp³-hybridized carbons (Fsp3) is 0.304. The number of nitrogens with one attached hydrogen (secondary N) is 1. The Labute approximate surface area is 184 Å². The summed E-state index contributed by atoms with van der Waals surface area (Å²) in [4.78, 5) is 39.2. The third-order valence-corrected chi connectivity index (χ3v) is 5.27. The molecule has 1 saturated heterocycles. The van der Waals surface area contributed by atoms with Gasteiger partial charge in [0.25, 0.3) is 11.5 Å². The number of ether oxygens (including phenoxy) is 2. The second-order valence-corrected chi connectivity index (χ2v) is 7.47. The molecule has 1 aromatic heterocycles. The van der Waals surface area contributed by atoms with E-state index in [9.17, 15) is 14.4 Å². The molecule has 166 valence electrons. The zero-order chi connectivity index (χ0) is 22.5. The molecule has 4 rings (SSSR count). The van der Waals surface area contributed by atoms with E-state index in [4.69, 9.17) is 9.47 Å². The maximum absolute atomic E-state index is 13.2. The molecule has 1 atom stereocenters. The van der Waals surface area contributed by atoms with Crippen LogP contribution in [0.25, 0.3) is 5.69 Å². The van der Waals surface area contributed by atoms with Crippen molar-refractivity contribution in [1.29, 1.82) is 0 Å². The number of methoxy groups -OCH3 is 1. The van der Waals surface area contributed by atoms with Crippen molar-refractivity contribution in [3.8, 4) is 11.4 Å². The minimum atomic E-state index is -0.747. The van der Waals surface area contributed by atoms with E-state index in [2.05, 4.69) is 10.4 Å². The van der Waals surface area contributed by atoms with Crippen LogP contribution in [0.1, 0.15) is 28.9 Å². The average Bonchev–Trinajstić information content (AvgIpc) is 3.35. The van der Waals surface area contributed by atoms with Crippen LogP contribution in [0, 0.1) is 0 Å². The van der Waals surface area contributed by atoms with E-state index in [0.717, 1.165) is 27.7 Å². The molecule has 0 radical (unpaired) electrons. The highest BCUT2D eigenvalue weighted by molar-refractivity contribution is 5.91. The van der Waals surface area contributed by atoms with Crippen LogP contribution in [0.15, 0.2) is 64.2 Å². The Morgan fingerprint density at radius 1 is 1.19 bits per heavy atom. The molecule has 0 bridgehead atoms. The van der Waals surface area contributed by atoms with Crippen LogP contribution in [0.2, 0.25) is 0 Å². The quantitative estimate of drug-likeness (QED) is 0.600. The monoisotopic (exact) mass is 436 g/mol. The molecule has 0 saturated carbocycles. The van der Waals surface area contributed by atoms with Crippen molar-refractivity contribution in [2.24, 2.45) is 0 Å². The average molecular weight is 436 g/mol. The highest BCUT2D eigenvalue weighted by Crippen LogP contribution is 2.14. The van der Waals surface area contributed by atoms with Gasteiger partial charge in [0.1, 0.15) is 5.75 Å². The van der Waals surface area contributed by atoms with Crippen molar-refractivity contribution in [3.05, 3.63) is 86.7 Å². The van der Waals surface area contributed by atoms with Gasteiger partial charge in [-0.25, -0.2) is 4.79 Å². The number of amides is 1. The summed E-state index contributed by atoms with van der Waals surface area (Å²) >= 11 is 0. The molecule has 9 nitrogen and oxygen atoms in total. The molecule has 1 fully saturated rings. The van der Waals surface area contributed by atoms with Crippen LogP contribution in [-0.2, 0) is 11.3 Å². The zero-order valence-corrected chi connectivity index (χ0v) is 17.7. The topological polar surface area (TPSA) is 104 Å². The van der Waals surface area contributed by atoms with Crippen LogP contribution in [-0.4, -0.2) is 46.6 Å². The number of carbonyl (C=O) groups excluding carboxylic acids is 1. The summed E-state index contributed by atoms with van der Waals surface area (Å²) in [6, 6.07) is 15.8. The lowest BCUT2D eigenvalue weighted by molar-refractivity contribution is 0.0849. The third-order valence-electron chi connectivity index (χ3n) is 5.27. The van der Waals surface area contributed by atoms with Crippen LogP contribution in [0.3, 0.4) is 0 Å². The third kappa shape index (κ3) is 4.62. The Hall–Kier alpha value is -3.72. The molecule has 2 heterocycles. The first-order valence-electron chi connectivity index (χ1n) is 10.4. The number of hydrogen-bond donors (Lipinski definition) is 1. The minimum absolute atomic E-state index is 0.0109. The highest BCUT2D eigenvalue weighted by Gasteiger charge is 2.22. The molecule has 1 amide bonds. The Balaban J connectivity index is 1.77. The van der Waals surface area contributed by atoms with E-state index in [0.29, 0.717) is 18.0 Å². The van der Waals surface area contributed by atoms with E-state index in [1.54, 1.807) is 36.4 Å². The normalized spacial score (nSPS) is 15.5. The maximum atomic E-state index is 13.2. The predicted molar refractivity (Wildman–Crippen MR) is 117 cm³/mol. The van der Waals surface area contributed by atoms with Gasteiger partial charge in [-0.2, -0.15) is 9.78 Å². The number of benzene rings is 2. The van der Waals surface area contributed by atoms with Gasteiger partial charge in [0.05, 0.1) is 25.4 Å². The van der Waals surface area contributed by atoms with Crippen LogP contribution in [0.4, 0.5) is 0 Å². The van der Waals surface area contributed by atoms with Crippen LogP contribution < -0.4 is 21.3 Å². The van der Waals surface area contributed by atoms with Crippen molar-refractivity contribution in [2.75, 3.05) is 20.3 Å². The van der Waals surface area contributed by atoms with E-state index in [-0.39, 0.29) is 24.9 Å². The van der Waals surface area contributed by atoms with Crippen molar-refractivity contribution < 1.29 is 14.3 Å². The minimum Gasteiger partial charge on any atom is -0.497 e. The summed E-state index contributed by atoms with van der Waals surface area (Å²) in [5.74, 6) is -0.134. The Morgan fingerprint density at radius 3 is 2.72 bits per heavy atom. The summed E-state index contributed by atoms with van der Waals surface area (Å²) in [7, 11) is 1.51. The Kier molecular flexibility index (Phi) is 6.46. The van der Waals surface area contributed by atoms with Crippen molar-refractivity contribution >= 4 is 5.91 Å². The van der Waals surface area contributed by atoms with E-state index < -0.39 is 17.2 Å². The number of nitrogens with zero attached hydrogens (tertiary/aromatic N) is 3. The molecule has 0 spiro atoms. The number of rotatable bonds is 7. The van der Waals surface area contributed by atoms with E-state index in [1.807, 2.05) is 18.2 Å². The smallest absolute Gasteiger partial charge is 0.352 e. The van der Waals surface area contributed by atoms with Gasteiger partial charge in [-0.1, -0.05) is 36.4 Å². The molecule has 2 aromatic carbocycles. The van der Waals surface area contributed by atoms with Gasteiger partial charge in [-0.15, -0.1) is 0 Å². The number of hydrogen-bond acceptors (Lipinski definition) is 6. The van der Waals surface area contributed by atoms with Gasteiger partial charge in [0.2, 0.25) is 5.69 Å². The van der Waals surface area contributed by atoms with Crippen molar-refractivity contribution in [2.45, 2.75) is 25.5 Å². The zero-order valence-electron chi connectivity index (χ0n) is 17.7. The number of aromatic nitrogens is 3. The summed E-state index contributed by atoms with van der Waals surface area (Å²) < 4.78 is 12.8. The second-order valence-electron chi connectivity index (χ2n) is 7.47. The van der Waals surface area contributed by atoms with E-state index in [1.165, 1.54) is 7.11 Å². The molecule has 1 aliphatic rings. The first-order valence-corrected chi connectivity index (χ1v) is 10.4. The summed E-state index contributed by atoms with van der Waals surface area (Å²) in [5, 5.41) is 6.84. The van der Waals surface area contributed by atoms with Crippen molar-refractivity contribution in [3.63, 3.8) is 0 Å². The lowest BCUT2D eigenvalue weighted by Crippen LogP contribution is -2.46. The first-order chi connectivity index (χ1) is 15.6. The first kappa shape index (κ1) is 21.5. The van der Waals surface area contributed by atoms with Gasteiger partial charge in [-0.3, -0.25) is 14.2 Å². The molecular weight excluding hydrogens is 412 g/mol. The molecular formula is C23H24N4O5. The lowest BCUT2D eigenvalue weighted by atomic mass is 10.2. The van der Waals surface area contributed by atoms with Gasteiger partial charge in [-0.05, 0) is 30.5 Å². The molecule has 1 N–H and O–H groups in total. The SMILES string of the molecule is COc1cccc(-n2nc(C(=O)NC[C@@H]3CCCO3)c(=O)n(Cc3ccccc3)c2=O)c1. The molecule has 32 heavy (non-hydrogen) atoms. The van der Waals surface area contributed by atoms with Crippen LogP contribution >= 0.6 is 0 Å². The lowest BCUT2D eigenvalue weighted by Gasteiger charge is -2.14. The molecule has 1 aliphatic heterocycles. The Bertz CT molecular complexity index is 1210. The van der Waals surface area contributed by atoms with Crippen LogP contribution in [0.5, 0.6) is 5.75 Å². The fourth-order valence-electron chi connectivity index (χ4n) is 3.57. The highest BCUT2D eigenvalue weighted by atomic mass is 16.5. The largest absolute Gasteiger partial charge is 0.497 e. The predicted octanol–water partition coefficient (Wildman–Crippen LogP) is 1.36. The number of carbonyl (C=O) groups is 1. The standard InChI is InChI=1S/C23H24N4O5/c1-31-18-10-5-9-17(13-18)27-23(30)26(15-16-7-3-2-4-8-16)22(29)20(25-27)21(28)24-14-19-11-6-12-32-19/h2-5,7-10,13,19H,6,11-12,14-15H2,1H3,(H,24,28)/t19-/m0/s1. The van der Waals surface area contributed by atoms with E-state index >= 15 is 0 Å². The summed E-state index contributed by atoms with van der Waals surface area (Å²) in [6.07, 6.45) is 1.69. The fourth-order valence-corrected chi connectivity index (χ4v) is 3.57. The molecule has 3 aromatic rings. The summed E-state index contributed by atoms with van der Waals surface area (Å²) in [5.41, 5.74) is -0.628. The summed E-state index contributed by atoms with van der Waals surface area (Å²) in [6.45, 7) is 0.942. The molecule has 0 unspecified atom stereocenters. The maximum Gasteiger partial charge on any atom is 0.352 e. The van der Waals surface area contributed by atoms with Gasteiger partial charge in [0.15, 0.2) is 0 Å². The Morgan fingerprint density at radius 2 is 2.00 bits per heavy atom. The molecule has 0 aliphatic carbocycles. The molecule has 9 heteroatoms. The van der Waals surface area contributed by atoms with Gasteiger partial charge in [0, 0.05) is 19.2 Å². The van der Waals surface area contributed by atoms with Gasteiger partial charge < -0.3 is 14.8 Å².